The maximum atomic E-state index is 11.4. The van der Waals surface area contributed by atoms with Crippen LogP contribution in [0.25, 0.3) is 0 Å². The molecular formula is C10H14ClN5O3. The SMILES string of the molecule is CNC(=O)C(C)CN(C)c1ncnc(Cl)c1[N+](=O)[O-]. The van der Waals surface area contributed by atoms with Gasteiger partial charge in [0.25, 0.3) is 0 Å². The minimum Gasteiger partial charge on any atom is -0.359 e. The highest BCUT2D eigenvalue weighted by atomic mass is 35.5. The van der Waals surface area contributed by atoms with Gasteiger partial charge in [-0.15, -0.1) is 0 Å². The van der Waals surface area contributed by atoms with Crippen molar-refractivity contribution in [3.8, 4) is 0 Å². The number of hydrogen-bond acceptors (Lipinski definition) is 6. The molecule has 1 amide bonds. The molecule has 19 heavy (non-hydrogen) atoms. The van der Waals surface area contributed by atoms with Crippen molar-refractivity contribution < 1.29 is 9.72 Å². The molecular weight excluding hydrogens is 274 g/mol. The molecule has 0 aromatic carbocycles. The van der Waals surface area contributed by atoms with Gasteiger partial charge in [-0.1, -0.05) is 18.5 Å². The molecule has 0 spiro atoms. The summed E-state index contributed by atoms with van der Waals surface area (Å²) in [6, 6.07) is 0. The van der Waals surface area contributed by atoms with E-state index < -0.39 is 4.92 Å². The van der Waals surface area contributed by atoms with Crippen molar-refractivity contribution in [2.45, 2.75) is 6.92 Å². The summed E-state index contributed by atoms with van der Waals surface area (Å²) < 4.78 is 0. The number of amides is 1. The lowest BCUT2D eigenvalue weighted by Gasteiger charge is -2.21. The molecule has 0 aliphatic rings. The van der Waals surface area contributed by atoms with E-state index in [1.807, 2.05) is 0 Å². The van der Waals surface area contributed by atoms with E-state index in [1.165, 1.54) is 11.9 Å². The standard InChI is InChI=1S/C10H14ClN5O3/c1-6(10(17)12-2)4-15(3)9-7(16(18)19)8(11)13-5-14-9/h5-6H,4H2,1-3H3,(H,12,17). The van der Waals surface area contributed by atoms with Gasteiger partial charge in [0.1, 0.15) is 6.33 Å². The van der Waals surface area contributed by atoms with E-state index in [4.69, 9.17) is 11.6 Å². The van der Waals surface area contributed by atoms with Crippen molar-refractivity contribution in [2.75, 3.05) is 25.5 Å². The molecule has 1 aromatic heterocycles. The van der Waals surface area contributed by atoms with E-state index in [1.54, 1.807) is 14.0 Å². The molecule has 9 heteroatoms. The lowest BCUT2D eigenvalue weighted by atomic mass is 10.1. The zero-order valence-electron chi connectivity index (χ0n) is 10.8. The van der Waals surface area contributed by atoms with Crippen molar-refractivity contribution in [1.82, 2.24) is 15.3 Å². The van der Waals surface area contributed by atoms with E-state index in [0.717, 1.165) is 6.33 Å². The third-order valence-corrected chi connectivity index (χ3v) is 2.82. The maximum absolute atomic E-state index is 11.4. The van der Waals surface area contributed by atoms with Crippen molar-refractivity contribution in [3.63, 3.8) is 0 Å². The van der Waals surface area contributed by atoms with Crippen LogP contribution in [0.2, 0.25) is 5.15 Å². The summed E-state index contributed by atoms with van der Waals surface area (Å²) in [4.78, 5) is 30.7. The summed E-state index contributed by atoms with van der Waals surface area (Å²) in [7, 11) is 3.13. The van der Waals surface area contributed by atoms with Gasteiger partial charge in [-0.05, 0) is 0 Å². The molecule has 104 valence electrons. The smallest absolute Gasteiger partial charge is 0.348 e. The first kappa shape index (κ1) is 15.1. The summed E-state index contributed by atoms with van der Waals surface area (Å²) in [5, 5.41) is 13.2. The van der Waals surface area contributed by atoms with E-state index in [2.05, 4.69) is 15.3 Å². The Balaban J connectivity index is 3.00. The highest BCUT2D eigenvalue weighted by Gasteiger charge is 2.26. The average molecular weight is 288 g/mol. The number of aromatic nitrogens is 2. The summed E-state index contributed by atoms with van der Waals surface area (Å²) in [6.07, 6.45) is 1.14. The number of hydrogen-bond donors (Lipinski definition) is 1. The molecule has 0 saturated heterocycles. The molecule has 1 aromatic rings. The topological polar surface area (TPSA) is 101 Å². The minimum absolute atomic E-state index is 0.0840. The number of carbonyl (C=O) groups is 1. The molecule has 1 N–H and O–H groups in total. The summed E-state index contributed by atoms with van der Waals surface area (Å²) >= 11 is 5.70. The van der Waals surface area contributed by atoms with Gasteiger partial charge < -0.3 is 10.2 Å². The number of rotatable bonds is 5. The number of carbonyl (C=O) groups excluding carboxylic acids is 1. The van der Waals surface area contributed by atoms with E-state index in [0.29, 0.717) is 0 Å². The highest BCUT2D eigenvalue weighted by Crippen LogP contribution is 2.30. The summed E-state index contributed by atoms with van der Waals surface area (Å²) in [5.41, 5.74) is -0.365. The maximum Gasteiger partial charge on any atom is 0.348 e. The van der Waals surface area contributed by atoms with Gasteiger partial charge in [0.15, 0.2) is 0 Å². The van der Waals surface area contributed by atoms with Gasteiger partial charge in [-0.25, -0.2) is 9.97 Å². The van der Waals surface area contributed by atoms with Gasteiger partial charge >= 0.3 is 5.69 Å². The molecule has 1 heterocycles. The monoisotopic (exact) mass is 287 g/mol. The second-order valence-corrected chi connectivity index (χ2v) is 4.35. The number of nitrogens with zero attached hydrogens (tertiary/aromatic N) is 4. The molecule has 0 aliphatic heterocycles. The molecule has 8 nitrogen and oxygen atoms in total. The van der Waals surface area contributed by atoms with Gasteiger partial charge in [0.05, 0.1) is 10.8 Å². The molecule has 1 atom stereocenters. The quantitative estimate of drug-likeness (QED) is 0.489. The Hall–Kier alpha value is -1.96. The van der Waals surface area contributed by atoms with Gasteiger partial charge in [0, 0.05) is 20.6 Å². The predicted molar refractivity (Wildman–Crippen MR) is 70.2 cm³/mol. The molecule has 0 radical (unpaired) electrons. The lowest BCUT2D eigenvalue weighted by Crippen LogP contribution is -2.35. The van der Waals surface area contributed by atoms with Crippen LogP contribution in [0.4, 0.5) is 11.5 Å². The summed E-state index contributed by atoms with van der Waals surface area (Å²) in [6.45, 7) is 1.98. The first-order chi connectivity index (χ1) is 8.88. The van der Waals surface area contributed by atoms with Crippen molar-refractivity contribution >= 4 is 29.0 Å². The minimum atomic E-state index is -0.640. The number of nitrogens with one attached hydrogen (secondary N) is 1. The Labute approximate surface area is 114 Å². The zero-order chi connectivity index (χ0) is 14.6. The van der Waals surface area contributed by atoms with Crippen molar-refractivity contribution in [3.05, 3.63) is 21.6 Å². The fourth-order valence-corrected chi connectivity index (χ4v) is 1.81. The number of anilines is 1. The van der Waals surface area contributed by atoms with Gasteiger partial charge in [-0.3, -0.25) is 14.9 Å². The van der Waals surface area contributed by atoms with Crippen LogP contribution in [0, 0.1) is 16.0 Å². The fourth-order valence-electron chi connectivity index (χ4n) is 1.61. The molecule has 0 saturated carbocycles. The van der Waals surface area contributed by atoms with Crippen LogP contribution in [0.5, 0.6) is 0 Å². The Morgan fingerprint density at radius 2 is 2.26 bits per heavy atom. The Morgan fingerprint density at radius 3 is 2.79 bits per heavy atom. The number of halogens is 1. The van der Waals surface area contributed by atoms with Crippen molar-refractivity contribution in [1.29, 1.82) is 0 Å². The third kappa shape index (κ3) is 3.50. The highest BCUT2D eigenvalue weighted by molar-refractivity contribution is 6.31. The van der Waals surface area contributed by atoms with Gasteiger partial charge in [0.2, 0.25) is 16.9 Å². The van der Waals surface area contributed by atoms with Gasteiger partial charge in [-0.2, -0.15) is 0 Å². The average Bonchev–Trinajstić information content (AvgIpc) is 2.36. The molecule has 0 aliphatic carbocycles. The van der Waals surface area contributed by atoms with Crippen LogP contribution in [-0.4, -0.2) is 41.4 Å². The Kier molecular flexibility index (Phi) is 4.99. The Bertz CT molecular complexity index is 496. The van der Waals surface area contributed by atoms with E-state index in [-0.39, 0.29) is 35.0 Å². The van der Waals surface area contributed by atoms with Crippen LogP contribution < -0.4 is 10.2 Å². The first-order valence-electron chi connectivity index (χ1n) is 5.46. The van der Waals surface area contributed by atoms with Crippen molar-refractivity contribution in [2.24, 2.45) is 5.92 Å². The zero-order valence-corrected chi connectivity index (χ0v) is 11.5. The lowest BCUT2D eigenvalue weighted by molar-refractivity contribution is -0.384. The van der Waals surface area contributed by atoms with Crippen LogP contribution in [-0.2, 0) is 4.79 Å². The third-order valence-electron chi connectivity index (χ3n) is 2.54. The predicted octanol–water partition coefficient (Wildman–Crippen LogP) is 0.857. The Morgan fingerprint density at radius 1 is 1.63 bits per heavy atom. The molecule has 0 bridgehead atoms. The molecule has 1 rings (SSSR count). The largest absolute Gasteiger partial charge is 0.359 e. The van der Waals surface area contributed by atoms with E-state index in [9.17, 15) is 14.9 Å². The number of nitro groups is 1. The second kappa shape index (κ2) is 6.28. The van der Waals surface area contributed by atoms with Crippen LogP contribution in [0.1, 0.15) is 6.92 Å². The van der Waals surface area contributed by atoms with Crippen LogP contribution >= 0.6 is 11.6 Å². The van der Waals surface area contributed by atoms with Crippen LogP contribution in [0.3, 0.4) is 0 Å². The fraction of sp³-hybridized carbons (Fsp3) is 0.500. The molecule has 0 fully saturated rings. The second-order valence-electron chi connectivity index (χ2n) is 3.99. The first-order valence-corrected chi connectivity index (χ1v) is 5.83. The molecule has 1 unspecified atom stereocenters. The van der Waals surface area contributed by atoms with Crippen LogP contribution in [0.15, 0.2) is 6.33 Å². The normalized spacial score (nSPS) is 11.8. The van der Waals surface area contributed by atoms with E-state index >= 15 is 0 Å². The summed E-state index contributed by atoms with van der Waals surface area (Å²) in [5.74, 6) is -0.418.